The summed E-state index contributed by atoms with van der Waals surface area (Å²) in [5.74, 6) is -2.29. The number of carbonyl (C=O) groups excluding carboxylic acids is 1. The SMILES string of the molecule is N=C(N)CC(=O)OCc1cccc(-c2cnc(N3CC(=NO)C3)c(F)c2)c1F. The van der Waals surface area contributed by atoms with E-state index in [1.807, 2.05) is 0 Å². The molecule has 3 rings (SSSR count). The van der Waals surface area contributed by atoms with Crippen LogP contribution in [0.25, 0.3) is 11.1 Å². The maximum absolute atomic E-state index is 14.8. The molecule has 0 radical (unpaired) electrons. The Balaban J connectivity index is 1.77. The Morgan fingerprint density at radius 3 is 2.79 bits per heavy atom. The third-order valence-corrected chi connectivity index (χ3v) is 4.12. The lowest BCUT2D eigenvalue weighted by Gasteiger charge is -2.32. The molecule has 2 heterocycles. The number of nitrogens with two attached hydrogens (primary N) is 1. The van der Waals surface area contributed by atoms with Crippen LogP contribution in [0.2, 0.25) is 0 Å². The zero-order valence-electron chi connectivity index (χ0n) is 14.7. The standard InChI is InChI=1S/C18H17F2N5O3/c19-14-4-11(6-23-18(14)25-7-12(8-25)24-27)13-3-1-2-10(17(13)20)9-28-16(26)5-15(21)22/h1-4,6,27H,5,7-9H2,(H3,21,22). The molecule has 1 aromatic heterocycles. The average Bonchev–Trinajstić information content (AvgIpc) is 2.60. The van der Waals surface area contributed by atoms with Gasteiger partial charge in [0.05, 0.1) is 18.8 Å². The Kier molecular flexibility index (Phi) is 5.48. The number of aromatic nitrogens is 1. The number of amidine groups is 1. The van der Waals surface area contributed by atoms with Crippen molar-refractivity contribution in [1.82, 2.24) is 4.98 Å². The molecule has 1 aliphatic rings. The molecule has 0 bridgehead atoms. The number of ether oxygens (including phenoxy) is 1. The number of hydrogen-bond acceptors (Lipinski definition) is 7. The highest BCUT2D eigenvalue weighted by Gasteiger charge is 2.26. The summed E-state index contributed by atoms with van der Waals surface area (Å²) < 4.78 is 34.1. The van der Waals surface area contributed by atoms with Crippen LogP contribution in [0.15, 0.2) is 35.6 Å². The highest BCUT2D eigenvalue weighted by atomic mass is 19.1. The Morgan fingerprint density at radius 2 is 2.14 bits per heavy atom. The van der Waals surface area contributed by atoms with Crippen LogP contribution in [-0.4, -0.2) is 40.8 Å². The van der Waals surface area contributed by atoms with Gasteiger partial charge >= 0.3 is 5.97 Å². The molecule has 28 heavy (non-hydrogen) atoms. The van der Waals surface area contributed by atoms with Gasteiger partial charge in [-0.2, -0.15) is 0 Å². The highest BCUT2D eigenvalue weighted by Crippen LogP contribution is 2.29. The van der Waals surface area contributed by atoms with Gasteiger partial charge in [-0.25, -0.2) is 13.8 Å². The van der Waals surface area contributed by atoms with Gasteiger partial charge in [0.25, 0.3) is 0 Å². The number of esters is 1. The highest BCUT2D eigenvalue weighted by molar-refractivity contribution is 5.99. The predicted octanol–water partition coefficient (Wildman–Crippen LogP) is 2.05. The van der Waals surface area contributed by atoms with E-state index < -0.39 is 17.6 Å². The molecular weight excluding hydrogens is 372 g/mol. The summed E-state index contributed by atoms with van der Waals surface area (Å²) in [5.41, 5.74) is 6.07. The first-order chi connectivity index (χ1) is 13.4. The molecule has 0 aliphatic carbocycles. The van der Waals surface area contributed by atoms with Crippen molar-refractivity contribution in [2.75, 3.05) is 18.0 Å². The van der Waals surface area contributed by atoms with Crippen LogP contribution < -0.4 is 10.6 Å². The Morgan fingerprint density at radius 1 is 1.39 bits per heavy atom. The van der Waals surface area contributed by atoms with Gasteiger partial charge in [0.1, 0.15) is 24.7 Å². The van der Waals surface area contributed by atoms with Gasteiger partial charge < -0.3 is 20.6 Å². The molecule has 0 atom stereocenters. The molecule has 10 heteroatoms. The number of anilines is 1. The monoisotopic (exact) mass is 389 g/mol. The van der Waals surface area contributed by atoms with Crippen molar-refractivity contribution >= 4 is 23.3 Å². The molecule has 4 N–H and O–H groups in total. The fraction of sp³-hybridized carbons (Fsp3) is 0.222. The normalized spacial score (nSPS) is 13.1. The zero-order chi connectivity index (χ0) is 20.3. The maximum Gasteiger partial charge on any atom is 0.313 e. The molecule has 0 amide bonds. The van der Waals surface area contributed by atoms with E-state index in [0.29, 0.717) is 5.71 Å². The second kappa shape index (κ2) is 7.99. The quantitative estimate of drug-likeness (QED) is 0.228. The molecule has 1 saturated heterocycles. The molecule has 146 valence electrons. The second-order valence-electron chi connectivity index (χ2n) is 6.19. The topological polar surface area (TPSA) is 125 Å². The molecule has 0 saturated carbocycles. The number of rotatable bonds is 6. The minimum atomic E-state index is -0.741. The maximum atomic E-state index is 14.8. The number of nitrogens with one attached hydrogen (secondary N) is 1. The van der Waals surface area contributed by atoms with E-state index in [0.717, 1.165) is 0 Å². The van der Waals surface area contributed by atoms with Crippen LogP contribution in [0.1, 0.15) is 12.0 Å². The van der Waals surface area contributed by atoms with E-state index >= 15 is 0 Å². The summed E-state index contributed by atoms with van der Waals surface area (Å²) in [5, 5.41) is 18.7. The van der Waals surface area contributed by atoms with E-state index in [4.69, 9.17) is 21.1 Å². The number of pyridine rings is 1. The summed E-state index contributed by atoms with van der Waals surface area (Å²) in [6, 6.07) is 5.62. The van der Waals surface area contributed by atoms with E-state index in [9.17, 15) is 13.6 Å². The number of halogens is 2. The molecule has 1 aromatic carbocycles. The van der Waals surface area contributed by atoms with Crippen LogP contribution in [0.4, 0.5) is 14.6 Å². The van der Waals surface area contributed by atoms with Crippen LogP contribution in [0.5, 0.6) is 0 Å². The third kappa shape index (κ3) is 4.05. The largest absolute Gasteiger partial charge is 0.460 e. The summed E-state index contributed by atoms with van der Waals surface area (Å²) in [6.07, 6.45) is 0.966. The minimum absolute atomic E-state index is 0.0888. The number of oxime groups is 1. The lowest BCUT2D eigenvalue weighted by atomic mass is 10.0. The van der Waals surface area contributed by atoms with Gasteiger partial charge in [0.15, 0.2) is 11.6 Å². The van der Waals surface area contributed by atoms with Crippen molar-refractivity contribution in [2.45, 2.75) is 13.0 Å². The molecule has 0 spiro atoms. The average molecular weight is 389 g/mol. The van der Waals surface area contributed by atoms with Gasteiger partial charge in [-0.05, 0) is 6.07 Å². The Labute approximate surface area is 158 Å². The smallest absolute Gasteiger partial charge is 0.313 e. The van der Waals surface area contributed by atoms with Crippen LogP contribution in [0, 0.1) is 17.0 Å². The number of nitrogens with zero attached hydrogens (tertiary/aromatic N) is 3. The first kappa shape index (κ1) is 19.2. The fourth-order valence-electron chi connectivity index (χ4n) is 2.70. The molecule has 2 aromatic rings. The van der Waals surface area contributed by atoms with Crippen molar-refractivity contribution in [3.63, 3.8) is 0 Å². The molecule has 1 aliphatic heterocycles. The van der Waals surface area contributed by atoms with Crippen molar-refractivity contribution in [3.8, 4) is 11.1 Å². The van der Waals surface area contributed by atoms with E-state index in [1.165, 1.54) is 24.4 Å². The van der Waals surface area contributed by atoms with Crippen LogP contribution in [-0.2, 0) is 16.1 Å². The second-order valence-corrected chi connectivity index (χ2v) is 6.19. The van der Waals surface area contributed by atoms with E-state index in [1.54, 1.807) is 11.0 Å². The lowest BCUT2D eigenvalue weighted by Crippen LogP contribution is -2.48. The lowest BCUT2D eigenvalue weighted by molar-refractivity contribution is -0.143. The van der Waals surface area contributed by atoms with Crippen molar-refractivity contribution < 1.29 is 23.5 Å². The molecule has 8 nitrogen and oxygen atoms in total. The van der Waals surface area contributed by atoms with E-state index in [2.05, 4.69) is 10.1 Å². The van der Waals surface area contributed by atoms with Gasteiger partial charge in [-0.15, -0.1) is 0 Å². The Hall–Kier alpha value is -3.56. The summed E-state index contributed by atoms with van der Waals surface area (Å²) >= 11 is 0. The van der Waals surface area contributed by atoms with Gasteiger partial charge in [0.2, 0.25) is 0 Å². The number of hydrogen-bond donors (Lipinski definition) is 3. The first-order valence-corrected chi connectivity index (χ1v) is 8.25. The van der Waals surface area contributed by atoms with Crippen LogP contribution in [0.3, 0.4) is 0 Å². The third-order valence-electron chi connectivity index (χ3n) is 4.12. The summed E-state index contributed by atoms with van der Waals surface area (Å²) in [6.45, 7) is 0.210. The molecule has 1 fully saturated rings. The minimum Gasteiger partial charge on any atom is -0.460 e. The fourth-order valence-corrected chi connectivity index (χ4v) is 2.70. The van der Waals surface area contributed by atoms with Crippen molar-refractivity contribution in [3.05, 3.63) is 47.7 Å². The van der Waals surface area contributed by atoms with Gasteiger partial charge in [0, 0.05) is 22.9 Å². The molecule has 0 unspecified atom stereocenters. The van der Waals surface area contributed by atoms with E-state index in [-0.39, 0.29) is 54.5 Å². The first-order valence-electron chi connectivity index (χ1n) is 8.25. The van der Waals surface area contributed by atoms with Crippen molar-refractivity contribution in [1.29, 1.82) is 5.41 Å². The van der Waals surface area contributed by atoms with Gasteiger partial charge in [-0.3, -0.25) is 10.2 Å². The number of benzene rings is 1. The summed E-state index contributed by atoms with van der Waals surface area (Å²) in [7, 11) is 0. The molecular formula is C18H17F2N5O3. The number of carbonyl (C=O) groups is 1. The summed E-state index contributed by atoms with van der Waals surface area (Å²) in [4.78, 5) is 17.1. The van der Waals surface area contributed by atoms with Crippen molar-refractivity contribution in [2.24, 2.45) is 10.9 Å². The zero-order valence-corrected chi connectivity index (χ0v) is 14.7. The Bertz CT molecular complexity index is 956. The van der Waals surface area contributed by atoms with Crippen LogP contribution >= 0.6 is 0 Å². The predicted molar refractivity (Wildman–Crippen MR) is 97.4 cm³/mol. The van der Waals surface area contributed by atoms with Gasteiger partial charge in [-0.1, -0.05) is 23.4 Å².